The number of anilines is 1. The summed E-state index contributed by atoms with van der Waals surface area (Å²) in [6.07, 6.45) is 0.319. The minimum absolute atomic E-state index is 0.0276. The van der Waals surface area contributed by atoms with Crippen LogP contribution in [-0.2, 0) is 7.05 Å². The molecule has 7 heteroatoms. The van der Waals surface area contributed by atoms with Gasteiger partial charge in [0.2, 0.25) is 11.6 Å². The van der Waals surface area contributed by atoms with Gasteiger partial charge in [0.15, 0.2) is 0 Å². The molecule has 1 aromatic rings. The van der Waals surface area contributed by atoms with E-state index in [1.807, 2.05) is 4.90 Å². The number of nitrogens with zero attached hydrogens (tertiary/aromatic N) is 4. The first-order valence-electron chi connectivity index (χ1n) is 7.23. The van der Waals surface area contributed by atoms with E-state index in [1.165, 1.54) is 0 Å². The molecule has 0 spiro atoms. The number of aromatic nitrogens is 2. The second kappa shape index (κ2) is 5.29. The van der Waals surface area contributed by atoms with Crippen LogP contribution in [0.5, 0.6) is 0 Å². The van der Waals surface area contributed by atoms with Crippen molar-refractivity contribution in [2.75, 3.05) is 18.0 Å². The molecule has 0 aromatic carbocycles. The fourth-order valence-corrected chi connectivity index (χ4v) is 3.19. The number of aryl methyl sites for hydroxylation is 1. The van der Waals surface area contributed by atoms with Gasteiger partial charge in [0.1, 0.15) is 0 Å². The van der Waals surface area contributed by atoms with Crippen molar-refractivity contribution in [1.29, 1.82) is 0 Å². The van der Waals surface area contributed by atoms with E-state index in [2.05, 4.69) is 25.8 Å². The van der Waals surface area contributed by atoms with Crippen LogP contribution in [0.2, 0.25) is 0 Å². The molecule has 0 aliphatic carbocycles. The van der Waals surface area contributed by atoms with Gasteiger partial charge in [-0.3, -0.25) is 4.57 Å². The van der Waals surface area contributed by atoms with Crippen LogP contribution in [0.25, 0.3) is 0 Å². The van der Waals surface area contributed by atoms with Crippen molar-refractivity contribution in [2.24, 2.45) is 18.4 Å². The first kappa shape index (κ1) is 15.8. The third kappa shape index (κ3) is 2.88. The van der Waals surface area contributed by atoms with E-state index in [4.69, 9.17) is 0 Å². The van der Waals surface area contributed by atoms with E-state index in [9.17, 15) is 15.2 Å². The molecule has 1 fully saturated rings. The molecule has 0 bridgehead atoms. The highest BCUT2D eigenvalue weighted by Gasteiger charge is 2.39. The first-order chi connectivity index (χ1) is 9.62. The van der Waals surface area contributed by atoms with Crippen molar-refractivity contribution < 1.29 is 10.0 Å². The van der Waals surface area contributed by atoms with Crippen molar-refractivity contribution in [3.8, 4) is 0 Å². The summed E-state index contributed by atoms with van der Waals surface area (Å²) in [6, 6.07) is 0. The van der Waals surface area contributed by atoms with Gasteiger partial charge in [0, 0.05) is 27.1 Å². The quantitative estimate of drug-likeness (QED) is 0.665. The standard InChI is InChI=1S/C14H24N4O3/c1-9-15-12(18(20)21)13(16(9)5)17-7-6-10(11(19)8-17)14(2,3)4/h10-11,19H,6-8H2,1-5H3. The average Bonchev–Trinajstić information content (AvgIpc) is 2.64. The molecule has 118 valence electrons. The van der Waals surface area contributed by atoms with Crippen LogP contribution >= 0.6 is 0 Å². The summed E-state index contributed by atoms with van der Waals surface area (Å²) >= 11 is 0. The lowest BCUT2D eigenvalue weighted by Crippen LogP contribution is -2.48. The Kier molecular flexibility index (Phi) is 3.97. The Morgan fingerprint density at radius 3 is 2.52 bits per heavy atom. The summed E-state index contributed by atoms with van der Waals surface area (Å²) in [5.41, 5.74) is 0.0276. The molecule has 1 saturated heterocycles. The Balaban J connectivity index is 2.28. The number of piperidine rings is 1. The zero-order valence-electron chi connectivity index (χ0n) is 13.3. The SMILES string of the molecule is Cc1nc([N+](=O)[O-])c(N2CCC(C(C)(C)C)C(O)C2)n1C. The largest absolute Gasteiger partial charge is 0.406 e. The molecule has 1 aliphatic heterocycles. The minimum atomic E-state index is -0.492. The molecule has 0 radical (unpaired) electrons. The Bertz CT molecular complexity index is 547. The maximum Gasteiger partial charge on any atom is 0.406 e. The summed E-state index contributed by atoms with van der Waals surface area (Å²) in [7, 11) is 1.77. The van der Waals surface area contributed by atoms with Gasteiger partial charge < -0.3 is 20.1 Å². The van der Waals surface area contributed by atoms with E-state index >= 15 is 0 Å². The molecule has 0 saturated carbocycles. The van der Waals surface area contributed by atoms with Gasteiger partial charge >= 0.3 is 5.82 Å². The third-order valence-electron chi connectivity index (χ3n) is 4.44. The van der Waals surface area contributed by atoms with Crippen molar-refractivity contribution in [2.45, 2.75) is 40.2 Å². The van der Waals surface area contributed by atoms with Gasteiger partial charge in [0.25, 0.3) is 0 Å². The maximum atomic E-state index is 11.2. The second-order valence-electron chi connectivity index (χ2n) is 6.90. The fraction of sp³-hybridized carbons (Fsp3) is 0.786. The first-order valence-corrected chi connectivity index (χ1v) is 7.23. The number of nitro groups is 1. The normalized spacial score (nSPS) is 23.4. The molecule has 7 nitrogen and oxygen atoms in total. The molecule has 2 atom stereocenters. The highest BCUT2D eigenvalue weighted by atomic mass is 16.6. The number of hydrogen-bond donors (Lipinski definition) is 1. The van der Waals surface area contributed by atoms with E-state index < -0.39 is 11.0 Å². The molecule has 1 aliphatic rings. The minimum Gasteiger partial charge on any atom is -0.391 e. The summed E-state index contributed by atoms with van der Waals surface area (Å²) in [5, 5.41) is 21.6. The highest BCUT2D eigenvalue weighted by molar-refractivity contribution is 5.56. The van der Waals surface area contributed by atoms with Gasteiger partial charge in [0.05, 0.1) is 6.10 Å². The number of aliphatic hydroxyl groups is 1. The van der Waals surface area contributed by atoms with E-state index in [-0.39, 0.29) is 17.2 Å². The summed E-state index contributed by atoms with van der Waals surface area (Å²) in [6.45, 7) is 9.20. The third-order valence-corrected chi connectivity index (χ3v) is 4.44. The van der Waals surface area contributed by atoms with Crippen LogP contribution in [0.3, 0.4) is 0 Å². The zero-order valence-corrected chi connectivity index (χ0v) is 13.3. The monoisotopic (exact) mass is 296 g/mol. The molecular formula is C14H24N4O3. The van der Waals surface area contributed by atoms with Gasteiger partial charge in [-0.25, -0.2) is 0 Å². The highest BCUT2D eigenvalue weighted by Crippen LogP contribution is 2.37. The Labute approximate surface area is 124 Å². The second-order valence-corrected chi connectivity index (χ2v) is 6.90. The summed E-state index contributed by atoms with van der Waals surface area (Å²) in [4.78, 5) is 16.6. The van der Waals surface area contributed by atoms with Crippen LogP contribution in [-0.4, -0.2) is 38.8 Å². The Hall–Kier alpha value is -1.63. The lowest BCUT2D eigenvalue weighted by atomic mass is 9.74. The lowest BCUT2D eigenvalue weighted by Gasteiger charge is -2.42. The van der Waals surface area contributed by atoms with Crippen molar-refractivity contribution in [3.63, 3.8) is 0 Å². The van der Waals surface area contributed by atoms with E-state index in [0.717, 1.165) is 6.42 Å². The smallest absolute Gasteiger partial charge is 0.391 e. The van der Waals surface area contributed by atoms with Crippen LogP contribution < -0.4 is 4.90 Å². The van der Waals surface area contributed by atoms with Crippen LogP contribution in [0.4, 0.5) is 11.6 Å². The summed E-state index contributed by atoms with van der Waals surface area (Å²) in [5.74, 6) is 1.16. The van der Waals surface area contributed by atoms with Crippen LogP contribution in [0, 0.1) is 28.4 Å². The average molecular weight is 296 g/mol. The molecule has 2 heterocycles. The van der Waals surface area contributed by atoms with Crippen LogP contribution in [0.15, 0.2) is 0 Å². The van der Waals surface area contributed by atoms with Crippen molar-refractivity contribution in [1.82, 2.24) is 9.55 Å². The summed E-state index contributed by atoms with van der Waals surface area (Å²) < 4.78 is 1.72. The molecule has 21 heavy (non-hydrogen) atoms. The van der Waals surface area contributed by atoms with Crippen molar-refractivity contribution in [3.05, 3.63) is 15.9 Å². The Morgan fingerprint density at radius 1 is 1.43 bits per heavy atom. The van der Waals surface area contributed by atoms with E-state index in [1.54, 1.807) is 18.5 Å². The maximum absolute atomic E-state index is 11.2. The van der Waals surface area contributed by atoms with Crippen LogP contribution in [0.1, 0.15) is 33.0 Å². The Morgan fingerprint density at radius 2 is 2.05 bits per heavy atom. The molecule has 2 rings (SSSR count). The predicted molar refractivity (Wildman–Crippen MR) is 80.4 cm³/mol. The molecule has 0 amide bonds. The number of hydrogen-bond acceptors (Lipinski definition) is 5. The van der Waals surface area contributed by atoms with E-state index in [0.29, 0.717) is 24.7 Å². The number of imidazole rings is 1. The van der Waals surface area contributed by atoms with Gasteiger partial charge in [-0.15, -0.1) is 0 Å². The molecule has 2 unspecified atom stereocenters. The molecule has 1 aromatic heterocycles. The van der Waals surface area contributed by atoms with Crippen molar-refractivity contribution >= 4 is 11.6 Å². The number of rotatable bonds is 2. The lowest BCUT2D eigenvalue weighted by molar-refractivity contribution is -0.388. The van der Waals surface area contributed by atoms with Gasteiger partial charge in [-0.1, -0.05) is 20.8 Å². The predicted octanol–water partition coefficient (Wildman–Crippen LogP) is 1.87. The molecular weight excluding hydrogens is 272 g/mol. The zero-order chi connectivity index (χ0) is 15.9. The number of aliphatic hydroxyl groups excluding tert-OH is 1. The number of β-amino-alcohol motifs (C(OH)–C–C–N with tert-alkyl or cyclic N) is 1. The topological polar surface area (TPSA) is 84.4 Å². The fourth-order valence-electron chi connectivity index (χ4n) is 3.19. The molecule has 1 N–H and O–H groups in total. The van der Waals surface area contributed by atoms with Gasteiger partial charge in [-0.2, -0.15) is 0 Å². The van der Waals surface area contributed by atoms with Gasteiger partial charge in [-0.05, 0) is 27.7 Å².